The molecule has 0 fully saturated rings. The summed E-state index contributed by atoms with van der Waals surface area (Å²) in [6.07, 6.45) is -0.256. The van der Waals surface area contributed by atoms with Gasteiger partial charge < -0.3 is 9.47 Å². The van der Waals surface area contributed by atoms with E-state index < -0.39 is 17.6 Å². The van der Waals surface area contributed by atoms with Crippen LogP contribution >= 0.6 is 0 Å². The number of benzene rings is 1. The molecule has 0 radical (unpaired) electrons. The largest absolute Gasteiger partial charge is 0.490 e. The van der Waals surface area contributed by atoms with E-state index in [4.69, 9.17) is 9.47 Å². The molecule has 0 bridgehead atoms. The minimum Gasteiger partial charge on any atom is -0.490 e. The maximum atomic E-state index is 13.1. The molecule has 0 aliphatic carbocycles. The molecule has 1 rings (SSSR count). The Morgan fingerprint density at radius 2 is 1.88 bits per heavy atom. The van der Waals surface area contributed by atoms with Crippen LogP contribution in [0.2, 0.25) is 0 Å². The fourth-order valence-electron chi connectivity index (χ4n) is 1.25. The first-order chi connectivity index (χ1) is 7.95. The summed E-state index contributed by atoms with van der Waals surface area (Å²) in [6, 6.07) is 1.63. The highest BCUT2D eigenvalue weighted by Gasteiger charge is 2.18. The van der Waals surface area contributed by atoms with Crippen molar-refractivity contribution in [2.24, 2.45) is 0 Å². The number of ether oxygens (including phenoxy) is 2. The van der Waals surface area contributed by atoms with Crippen LogP contribution in [0, 0.1) is 11.6 Å². The third-order valence-corrected chi connectivity index (χ3v) is 1.88. The van der Waals surface area contributed by atoms with Gasteiger partial charge in [0.1, 0.15) is 11.3 Å². The van der Waals surface area contributed by atoms with Crippen molar-refractivity contribution in [2.45, 2.75) is 26.9 Å². The van der Waals surface area contributed by atoms with Crippen LogP contribution in [0.4, 0.5) is 8.78 Å². The normalized spacial score (nSPS) is 10.5. The van der Waals surface area contributed by atoms with Crippen molar-refractivity contribution >= 4 is 5.97 Å². The molecule has 0 heterocycles. The van der Waals surface area contributed by atoms with Crippen molar-refractivity contribution in [3.05, 3.63) is 29.3 Å². The monoisotopic (exact) mass is 244 g/mol. The van der Waals surface area contributed by atoms with Crippen LogP contribution in [0.3, 0.4) is 0 Å². The zero-order valence-corrected chi connectivity index (χ0v) is 9.92. The summed E-state index contributed by atoms with van der Waals surface area (Å²) < 4.78 is 36.1. The molecule has 0 aliphatic heterocycles. The van der Waals surface area contributed by atoms with Crippen LogP contribution in [-0.2, 0) is 4.74 Å². The molecule has 3 nitrogen and oxygen atoms in total. The number of carbonyl (C=O) groups is 1. The van der Waals surface area contributed by atoms with Crippen molar-refractivity contribution in [1.29, 1.82) is 0 Å². The third kappa shape index (κ3) is 3.41. The summed E-state index contributed by atoms with van der Waals surface area (Å²) in [4.78, 5) is 11.5. The van der Waals surface area contributed by atoms with E-state index in [1.165, 1.54) is 0 Å². The van der Waals surface area contributed by atoms with Gasteiger partial charge in [-0.15, -0.1) is 0 Å². The molecule has 0 N–H and O–H groups in total. The predicted octanol–water partition coefficient (Wildman–Crippen LogP) is 2.93. The zero-order chi connectivity index (χ0) is 13.0. The Labute approximate surface area is 98.3 Å². The molecule has 0 amide bonds. The smallest absolute Gasteiger partial charge is 0.342 e. The van der Waals surface area contributed by atoms with Crippen molar-refractivity contribution in [2.75, 3.05) is 6.61 Å². The van der Waals surface area contributed by atoms with Gasteiger partial charge in [-0.1, -0.05) is 0 Å². The van der Waals surface area contributed by atoms with Crippen molar-refractivity contribution in [3.8, 4) is 5.75 Å². The van der Waals surface area contributed by atoms with E-state index in [1.807, 2.05) is 0 Å². The average molecular weight is 244 g/mol. The summed E-state index contributed by atoms with van der Waals surface area (Å²) in [7, 11) is 0. The number of rotatable bonds is 4. The van der Waals surface area contributed by atoms with E-state index in [1.54, 1.807) is 20.8 Å². The molecular formula is C12H14F2O3. The van der Waals surface area contributed by atoms with Crippen molar-refractivity contribution in [1.82, 2.24) is 0 Å². The van der Waals surface area contributed by atoms with E-state index >= 15 is 0 Å². The second kappa shape index (κ2) is 5.61. The molecule has 0 atom stereocenters. The SMILES string of the molecule is CCOC(=O)c1cc(F)c(F)cc1OC(C)C. The summed E-state index contributed by atoms with van der Waals surface area (Å²) >= 11 is 0. The maximum absolute atomic E-state index is 13.1. The maximum Gasteiger partial charge on any atom is 0.342 e. The van der Waals surface area contributed by atoms with Crippen LogP contribution in [0.5, 0.6) is 5.75 Å². The lowest BCUT2D eigenvalue weighted by atomic mass is 10.2. The first-order valence-corrected chi connectivity index (χ1v) is 5.28. The molecule has 0 spiro atoms. The first kappa shape index (κ1) is 13.4. The van der Waals surface area contributed by atoms with Gasteiger partial charge in [0.05, 0.1) is 12.7 Å². The van der Waals surface area contributed by atoms with Gasteiger partial charge >= 0.3 is 5.97 Å². The van der Waals surface area contributed by atoms with Crippen LogP contribution in [-0.4, -0.2) is 18.7 Å². The number of hydrogen-bond acceptors (Lipinski definition) is 3. The molecule has 5 heteroatoms. The van der Waals surface area contributed by atoms with Gasteiger partial charge in [0, 0.05) is 6.07 Å². The Hall–Kier alpha value is -1.65. The van der Waals surface area contributed by atoms with Crippen molar-refractivity contribution < 1.29 is 23.0 Å². The Morgan fingerprint density at radius 3 is 2.41 bits per heavy atom. The second-order valence-corrected chi connectivity index (χ2v) is 3.65. The van der Waals surface area contributed by atoms with Crippen molar-refractivity contribution in [3.63, 3.8) is 0 Å². The van der Waals surface area contributed by atoms with Gasteiger partial charge in [-0.25, -0.2) is 13.6 Å². The van der Waals surface area contributed by atoms with E-state index in [0.717, 1.165) is 12.1 Å². The van der Waals surface area contributed by atoms with Crippen LogP contribution < -0.4 is 4.74 Å². The van der Waals surface area contributed by atoms with Gasteiger partial charge in [0.15, 0.2) is 11.6 Å². The minimum atomic E-state index is -1.11. The minimum absolute atomic E-state index is 0.0163. The number of halogens is 2. The predicted molar refractivity (Wildman–Crippen MR) is 58.1 cm³/mol. The van der Waals surface area contributed by atoms with E-state index in [-0.39, 0.29) is 24.0 Å². The third-order valence-electron chi connectivity index (χ3n) is 1.88. The standard InChI is InChI=1S/C12H14F2O3/c1-4-16-12(15)8-5-9(13)10(14)6-11(8)17-7(2)3/h5-7H,4H2,1-3H3. The van der Waals surface area contributed by atoms with Crippen LogP contribution in [0.1, 0.15) is 31.1 Å². The fourth-order valence-corrected chi connectivity index (χ4v) is 1.25. The number of carbonyl (C=O) groups excluding carboxylic acids is 1. The van der Waals surface area contributed by atoms with Gasteiger partial charge in [-0.05, 0) is 26.8 Å². The molecule has 94 valence electrons. The van der Waals surface area contributed by atoms with E-state index in [9.17, 15) is 13.6 Å². The van der Waals surface area contributed by atoms with E-state index in [2.05, 4.69) is 0 Å². The molecule has 0 saturated heterocycles. The highest BCUT2D eigenvalue weighted by Crippen LogP contribution is 2.24. The first-order valence-electron chi connectivity index (χ1n) is 5.28. The molecular weight excluding hydrogens is 230 g/mol. The molecule has 1 aromatic carbocycles. The van der Waals surface area contributed by atoms with Crippen LogP contribution in [0.25, 0.3) is 0 Å². The lowest BCUT2D eigenvalue weighted by Gasteiger charge is -2.13. The number of esters is 1. The highest BCUT2D eigenvalue weighted by atomic mass is 19.2. The van der Waals surface area contributed by atoms with Crippen LogP contribution in [0.15, 0.2) is 12.1 Å². The lowest BCUT2D eigenvalue weighted by molar-refractivity contribution is 0.0519. The number of hydrogen-bond donors (Lipinski definition) is 0. The topological polar surface area (TPSA) is 35.5 Å². The molecule has 0 unspecified atom stereocenters. The molecule has 1 aromatic rings. The Kier molecular flexibility index (Phi) is 4.43. The van der Waals surface area contributed by atoms with Gasteiger partial charge in [0.2, 0.25) is 0 Å². The van der Waals surface area contributed by atoms with Gasteiger partial charge in [-0.3, -0.25) is 0 Å². The summed E-state index contributed by atoms with van der Waals surface area (Å²) in [5.74, 6) is -2.92. The lowest BCUT2D eigenvalue weighted by Crippen LogP contribution is -2.13. The van der Waals surface area contributed by atoms with Gasteiger partial charge in [0.25, 0.3) is 0 Å². The average Bonchev–Trinajstić information content (AvgIpc) is 2.22. The summed E-state index contributed by atoms with van der Waals surface area (Å²) in [6.45, 7) is 5.21. The summed E-state index contributed by atoms with van der Waals surface area (Å²) in [5, 5.41) is 0. The Bertz CT molecular complexity index is 416. The Morgan fingerprint density at radius 1 is 1.29 bits per heavy atom. The Balaban J connectivity index is 3.15. The molecule has 0 aliphatic rings. The summed E-state index contributed by atoms with van der Waals surface area (Å²) in [5.41, 5.74) is -0.112. The fraction of sp³-hybridized carbons (Fsp3) is 0.417. The van der Waals surface area contributed by atoms with Gasteiger partial charge in [-0.2, -0.15) is 0 Å². The molecule has 0 saturated carbocycles. The van der Waals surface area contributed by atoms with E-state index in [0.29, 0.717) is 0 Å². The molecule has 17 heavy (non-hydrogen) atoms. The molecule has 0 aromatic heterocycles. The zero-order valence-electron chi connectivity index (χ0n) is 9.92. The highest BCUT2D eigenvalue weighted by molar-refractivity contribution is 5.92. The second-order valence-electron chi connectivity index (χ2n) is 3.65. The quantitative estimate of drug-likeness (QED) is 0.764.